The van der Waals surface area contributed by atoms with Crippen LogP contribution in [0.2, 0.25) is 0 Å². The first-order valence-corrected chi connectivity index (χ1v) is 7.40. The van der Waals surface area contributed by atoms with Crippen molar-refractivity contribution in [3.63, 3.8) is 0 Å². The van der Waals surface area contributed by atoms with Crippen molar-refractivity contribution in [2.45, 2.75) is 72.8 Å². The number of hydrogen-bond donors (Lipinski definition) is 0. The summed E-state index contributed by atoms with van der Waals surface area (Å²) in [5.74, 6) is 0.933. The molecule has 0 bridgehead atoms. The van der Waals surface area contributed by atoms with E-state index in [4.69, 9.17) is 0 Å². The van der Waals surface area contributed by atoms with Gasteiger partial charge in [0.2, 0.25) is 0 Å². The zero-order valence-electron chi connectivity index (χ0n) is 12.8. The summed E-state index contributed by atoms with van der Waals surface area (Å²) in [7, 11) is 0. The van der Waals surface area contributed by atoms with Crippen molar-refractivity contribution >= 4 is 0 Å². The van der Waals surface area contributed by atoms with Crippen molar-refractivity contribution in [3.8, 4) is 0 Å². The van der Waals surface area contributed by atoms with Gasteiger partial charge in [-0.05, 0) is 63.3 Å². The quantitative estimate of drug-likeness (QED) is 0.606. The lowest BCUT2D eigenvalue weighted by atomic mass is 9.65. The maximum Gasteiger partial charge on any atom is 0.0125 e. The molecule has 1 nitrogen and oxygen atoms in total. The van der Waals surface area contributed by atoms with Gasteiger partial charge in [0.1, 0.15) is 0 Å². The van der Waals surface area contributed by atoms with E-state index >= 15 is 0 Å². The molecule has 0 N–H and O–H groups in total. The number of rotatable bonds is 0. The summed E-state index contributed by atoms with van der Waals surface area (Å²) in [5, 5.41) is 0. The van der Waals surface area contributed by atoms with Crippen LogP contribution in [0.1, 0.15) is 67.2 Å². The minimum atomic E-state index is 0.356. The fraction of sp³-hybridized carbons (Fsp3) is 1.00. The van der Waals surface area contributed by atoms with Crippen molar-refractivity contribution in [2.75, 3.05) is 13.1 Å². The molecule has 2 atom stereocenters. The number of likely N-dealkylation sites (tertiary alicyclic amines) is 1. The first-order chi connectivity index (χ1) is 7.65. The summed E-state index contributed by atoms with van der Waals surface area (Å²) in [4.78, 5) is 2.72. The van der Waals surface area contributed by atoms with Crippen LogP contribution in [0.15, 0.2) is 0 Å². The number of nitrogens with zero attached hydrogens (tertiary/aromatic N) is 1. The zero-order valence-corrected chi connectivity index (χ0v) is 12.8. The molecule has 1 heterocycles. The van der Waals surface area contributed by atoms with E-state index in [1.54, 1.807) is 0 Å². The molecule has 2 unspecified atom stereocenters. The smallest absolute Gasteiger partial charge is 0.0125 e. The van der Waals surface area contributed by atoms with Gasteiger partial charge in [0.25, 0.3) is 0 Å². The Morgan fingerprint density at radius 3 is 2.12 bits per heavy atom. The van der Waals surface area contributed by atoms with Gasteiger partial charge in [-0.15, -0.1) is 0 Å². The van der Waals surface area contributed by atoms with E-state index in [2.05, 4.69) is 46.4 Å². The van der Waals surface area contributed by atoms with Crippen LogP contribution in [0.4, 0.5) is 0 Å². The number of hydrogen-bond acceptors (Lipinski definition) is 1. The van der Waals surface area contributed by atoms with Gasteiger partial charge in [-0.3, -0.25) is 4.90 Å². The average Bonchev–Trinajstić information content (AvgIpc) is 2.71. The molecule has 1 heteroatoms. The van der Waals surface area contributed by atoms with Gasteiger partial charge in [0, 0.05) is 12.1 Å². The van der Waals surface area contributed by atoms with Gasteiger partial charge in [0.15, 0.2) is 0 Å². The average molecular weight is 237 g/mol. The Hall–Kier alpha value is -0.0400. The van der Waals surface area contributed by atoms with Gasteiger partial charge < -0.3 is 0 Å². The largest absolute Gasteiger partial charge is 0.298 e. The Morgan fingerprint density at radius 2 is 1.65 bits per heavy atom. The van der Waals surface area contributed by atoms with Crippen LogP contribution in [-0.2, 0) is 0 Å². The lowest BCUT2D eigenvalue weighted by molar-refractivity contribution is 0.0740. The minimum Gasteiger partial charge on any atom is -0.298 e. The lowest BCUT2D eigenvalue weighted by Crippen LogP contribution is -2.43. The zero-order chi connectivity index (χ0) is 12.9. The molecule has 1 saturated heterocycles. The topological polar surface area (TPSA) is 3.24 Å². The van der Waals surface area contributed by atoms with E-state index in [0.29, 0.717) is 16.4 Å². The van der Waals surface area contributed by atoms with Crippen LogP contribution in [0, 0.1) is 16.7 Å². The first kappa shape index (κ1) is 13.4. The summed E-state index contributed by atoms with van der Waals surface area (Å²) in [6.07, 6.45) is 5.83. The Kier molecular flexibility index (Phi) is 3.14. The molecular weight excluding hydrogens is 206 g/mol. The Balaban J connectivity index is 2.16. The van der Waals surface area contributed by atoms with Gasteiger partial charge in [0.05, 0.1) is 0 Å². The molecule has 1 aliphatic heterocycles. The molecule has 0 aromatic carbocycles. The van der Waals surface area contributed by atoms with Crippen molar-refractivity contribution in [3.05, 3.63) is 0 Å². The maximum atomic E-state index is 2.72. The third kappa shape index (κ3) is 2.41. The van der Waals surface area contributed by atoms with E-state index in [1.165, 1.54) is 38.8 Å². The SMILES string of the molecule is CC(C)(C)C1CCCC12CCN(C(C)(C)C)C2. The Morgan fingerprint density at radius 1 is 1.00 bits per heavy atom. The molecule has 1 aliphatic carbocycles. The van der Waals surface area contributed by atoms with E-state index < -0.39 is 0 Å². The van der Waals surface area contributed by atoms with Crippen LogP contribution in [-0.4, -0.2) is 23.5 Å². The third-order valence-corrected chi connectivity index (χ3v) is 5.29. The predicted octanol–water partition coefficient (Wildman–Crippen LogP) is 4.32. The summed E-state index contributed by atoms with van der Waals surface area (Å²) in [5.41, 5.74) is 1.49. The molecule has 0 aromatic heterocycles. The van der Waals surface area contributed by atoms with E-state index in [1.807, 2.05) is 0 Å². The van der Waals surface area contributed by atoms with Crippen LogP contribution >= 0.6 is 0 Å². The minimum absolute atomic E-state index is 0.356. The lowest BCUT2D eigenvalue weighted by Gasteiger charge is -2.41. The van der Waals surface area contributed by atoms with Crippen LogP contribution in [0.25, 0.3) is 0 Å². The summed E-state index contributed by atoms with van der Waals surface area (Å²) in [6.45, 7) is 17.1. The van der Waals surface area contributed by atoms with Crippen LogP contribution in [0.3, 0.4) is 0 Å². The summed E-state index contributed by atoms with van der Waals surface area (Å²) in [6, 6.07) is 0. The third-order valence-electron chi connectivity index (χ3n) is 5.29. The second-order valence-electron chi connectivity index (χ2n) is 8.52. The van der Waals surface area contributed by atoms with Crippen molar-refractivity contribution in [2.24, 2.45) is 16.7 Å². The fourth-order valence-electron chi connectivity index (χ4n) is 4.45. The van der Waals surface area contributed by atoms with E-state index in [9.17, 15) is 0 Å². The van der Waals surface area contributed by atoms with Crippen molar-refractivity contribution in [1.82, 2.24) is 4.90 Å². The molecule has 0 radical (unpaired) electrons. The predicted molar refractivity (Wildman–Crippen MR) is 75.2 cm³/mol. The van der Waals surface area contributed by atoms with Crippen LogP contribution < -0.4 is 0 Å². The second kappa shape index (κ2) is 3.98. The van der Waals surface area contributed by atoms with Crippen molar-refractivity contribution < 1.29 is 0 Å². The molecule has 0 aromatic rings. The molecule has 1 saturated carbocycles. The highest BCUT2D eigenvalue weighted by Crippen LogP contribution is 2.56. The monoisotopic (exact) mass is 237 g/mol. The van der Waals surface area contributed by atoms with Gasteiger partial charge in [-0.1, -0.05) is 27.2 Å². The molecule has 100 valence electrons. The highest BCUT2D eigenvalue weighted by atomic mass is 15.2. The molecular formula is C16H31N. The summed E-state index contributed by atoms with van der Waals surface area (Å²) >= 11 is 0. The molecule has 2 rings (SSSR count). The van der Waals surface area contributed by atoms with Gasteiger partial charge >= 0.3 is 0 Å². The van der Waals surface area contributed by atoms with E-state index in [0.717, 1.165) is 5.92 Å². The molecule has 2 aliphatic rings. The van der Waals surface area contributed by atoms with Crippen LogP contribution in [0.5, 0.6) is 0 Å². The molecule has 2 fully saturated rings. The normalized spacial score (nSPS) is 36.0. The molecule has 0 amide bonds. The van der Waals surface area contributed by atoms with Crippen molar-refractivity contribution in [1.29, 1.82) is 0 Å². The second-order valence-corrected chi connectivity index (χ2v) is 8.52. The highest BCUT2D eigenvalue weighted by Gasteiger charge is 2.52. The molecule has 1 spiro atoms. The summed E-state index contributed by atoms with van der Waals surface area (Å²) < 4.78 is 0. The molecule has 17 heavy (non-hydrogen) atoms. The maximum absolute atomic E-state index is 2.72. The highest BCUT2D eigenvalue weighted by molar-refractivity contribution is 5.03. The standard InChI is InChI=1S/C16H31N/c1-14(2,3)13-8-7-9-16(13)10-11-17(12-16)15(4,5)6/h13H,7-12H2,1-6H3. The van der Waals surface area contributed by atoms with E-state index in [-0.39, 0.29) is 0 Å². The van der Waals surface area contributed by atoms with Gasteiger partial charge in [-0.25, -0.2) is 0 Å². The first-order valence-electron chi connectivity index (χ1n) is 7.40. The Labute approximate surface area is 108 Å². The Bertz CT molecular complexity index is 281. The fourth-order valence-corrected chi connectivity index (χ4v) is 4.45. The van der Waals surface area contributed by atoms with Gasteiger partial charge in [-0.2, -0.15) is 0 Å².